The van der Waals surface area contributed by atoms with Crippen LogP contribution >= 0.6 is 0 Å². The van der Waals surface area contributed by atoms with Crippen LogP contribution in [0.5, 0.6) is 11.8 Å². The summed E-state index contributed by atoms with van der Waals surface area (Å²) in [6.07, 6.45) is 6.81. The lowest BCUT2D eigenvalue weighted by Crippen LogP contribution is -2.36. The summed E-state index contributed by atoms with van der Waals surface area (Å²) in [6.45, 7) is 9.35. The van der Waals surface area contributed by atoms with Crippen molar-refractivity contribution < 1.29 is 36.5 Å². The lowest BCUT2D eigenvalue weighted by atomic mass is 10.0. The summed E-state index contributed by atoms with van der Waals surface area (Å²) >= 11 is 0. The largest absolute Gasteiger partial charge is 0.481 e. The number of morpholine rings is 2. The Morgan fingerprint density at radius 2 is 0.912 bits per heavy atom. The van der Waals surface area contributed by atoms with E-state index in [1.54, 1.807) is 51.1 Å². The van der Waals surface area contributed by atoms with Gasteiger partial charge < -0.3 is 39.4 Å². The van der Waals surface area contributed by atoms with Gasteiger partial charge in [-0.3, -0.25) is 9.97 Å². The summed E-state index contributed by atoms with van der Waals surface area (Å²) in [5.41, 5.74) is 11.9. The standard InChI is InChI=1S/2C31H27F2N5O2/c2*1-19-30(25-5-3-4-10-34-25)37-27-16-21(32)15-24(33)29(27)31(19)36-26-17-22(38-11-13-40-14-12-38)7-8-23(26)20-6-9-28(39-2)35-18-20/h2*3-10,15-18H,11-14H2,1-2H3,(H,36,37). The molecule has 8 heterocycles. The number of hydrogen-bond acceptors (Lipinski definition) is 14. The lowest BCUT2D eigenvalue weighted by Gasteiger charge is -2.30. The molecule has 404 valence electrons. The number of aromatic nitrogens is 6. The highest BCUT2D eigenvalue weighted by atomic mass is 19.1. The van der Waals surface area contributed by atoms with Gasteiger partial charge in [0.25, 0.3) is 0 Å². The molecular formula is C62H54F4N10O4. The molecule has 0 aliphatic carbocycles. The average Bonchev–Trinajstić information content (AvgIpc) is 3.62. The zero-order valence-corrected chi connectivity index (χ0v) is 44.2. The number of halogens is 4. The third-order valence-electron chi connectivity index (χ3n) is 14.1. The van der Waals surface area contributed by atoms with E-state index >= 15 is 8.78 Å². The zero-order valence-electron chi connectivity index (χ0n) is 44.2. The molecule has 4 aromatic carbocycles. The summed E-state index contributed by atoms with van der Waals surface area (Å²) in [5, 5.41) is 7.43. The van der Waals surface area contributed by atoms with Crippen LogP contribution in [-0.2, 0) is 9.47 Å². The Labute approximate surface area is 459 Å². The third-order valence-corrected chi connectivity index (χ3v) is 14.1. The fourth-order valence-electron chi connectivity index (χ4n) is 10.0. The first-order chi connectivity index (χ1) is 39.0. The first-order valence-electron chi connectivity index (χ1n) is 25.9. The Bertz CT molecular complexity index is 3600. The molecule has 0 spiro atoms. The molecule has 2 aliphatic heterocycles. The predicted molar refractivity (Wildman–Crippen MR) is 304 cm³/mol. The number of benzene rings is 4. The normalized spacial score (nSPS) is 13.4. The molecule has 0 amide bonds. The number of methoxy groups -OCH3 is 2. The van der Waals surface area contributed by atoms with E-state index in [2.05, 4.69) is 62.5 Å². The van der Waals surface area contributed by atoms with Crippen LogP contribution < -0.4 is 29.9 Å². The molecule has 0 atom stereocenters. The second-order valence-corrected chi connectivity index (χ2v) is 19.0. The van der Waals surface area contributed by atoms with Crippen molar-refractivity contribution in [2.75, 3.05) is 87.3 Å². The Morgan fingerprint density at radius 3 is 1.27 bits per heavy atom. The molecule has 10 aromatic rings. The van der Waals surface area contributed by atoms with Gasteiger partial charge in [0, 0.05) is 143 Å². The van der Waals surface area contributed by atoms with Crippen LogP contribution in [0.4, 0.5) is 51.7 Å². The Morgan fingerprint density at radius 1 is 0.487 bits per heavy atom. The van der Waals surface area contributed by atoms with E-state index in [0.717, 1.165) is 83.3 Å². The molecule has 0 unspecified atom stereocenters. The van der Waals surface area contributed by atoms with Crippen LogP contribution in [-0.4, -0.2) is 96.7 Å². The van der Waals surface area contributed by atoms with Gasteiger partial charge in [-0.05, 0) is 74.5 Å². The maximum Gasteiger partial charge on any atom is 0.212 e. The molecule has 12 rings (SSSR count). The molecule has 14 nitrogen and oxygen atoms in total. The number of rotatable bonds is 12. The van der Waals surface area contributed by atoms with Gasteiger partial charge >= 0.3 is 0 Å². The molecule has 2 fully saturated rings. The summed E-state index contributed by atoms with van der Waals surface area (Å²) in [4.78, 5) is 31.4. The fourth-order valence-corrected chi connectivity index (χ4v) is 10.0. The number of hydrogen-bond donors (Lipinski definition) is 2. The first-order valence-corrected chi connectivity index (χ1v) is 25.9. The maximum absolute atomic E-state index is 15.4. The van der Waals surface area contributed by atoms with Crippen molar-refractivity contribution in [2.24, 2.45) is 0 Å². The molecule has 0 saturated carbocycles. The highest BCUT2D eigenvalue weighted by Gasteiger charge is 2.24. The maximum atomic E-state index is 15.4. The smallest absolute Gasteiger partial charge is 0.212 e. The monoisotopic (exact) mass is 1080 g/mol. The van der Waals surface area contributed by atoms with Crippen LogP contribution in [0.25, 0.3) is 66.8 Å². The van der Waals surface area contributed by atoms with E-state index in [1.807, 2.05) is 86.6 Å². The van der Waals surface area contributed by atoms with Crippen LogP contribution in [0.3, 0.4) is 0 Å². The molecule has 0 radical (unpaired) electrons. The van der Waals surface area contributed by atoms with Crippen molar-refractivity contribution in [3.63, 3.8) is 0 Å². The van der Waals surface area contributed by atoms with E-state index in [-0.39, 0.29) is 21.8 Å². The fraction of sp³-hybridized carbons (Fsp3) is 0.194. The highest BCUT2D eigenvalue weighted by molar-refractivity contribution is 6.01. The zero-order chi connectivity index (χ0) is 55.3. The van der Waals surface area contributed by atoms with Crippen LogP contribution in [0, 0.1) is 37.1 Å². The van der Waals surface area contributed by atoms with Crippen molar-refractivity contribution in [3.05, 3.63) is 181 Å². The van der Waals surface area contributed by atoms with Crippen molar-refractivity contribution >= 4 is 55.9 Å². The second-order valence-electron chi connectivity index (χ2n) is 19.0. The number of nitrogens with one attached hydrogen (secondary N) is 2. The van der Waals surface area contributed by atoms with Gasteiger partial charge in [0.05, 0.1) is 96.6 Å². The molecular weight excluding hydrogens is 1020 g/mol. The lowest BCUT2D eigenvalue weighted by molar-refractivity contribution is 0.122. The number of anilines is 6. The summed E-state index contributed by atoms with van der Waals surface area (Å²) in [7, 11) is 3.14. The molecule has 6 aromatic heterocycles. The minimum Gasteiger partial charge on any atom is -0.481 e. The van der Waals surface area contributed by atoms with Crippen molar-refractivity contribution in [1.82, 2.24) is 29.9 Å². The summed E-state index contributed by atoms with van der Waals surface area (Å²) in [5.74, 6) is -1.78. The van der Waals surface area contributed by atoms with Crippen LogP contribution in [0.1, 0.15) is 11.1 Å². The van der Waals surface area contributed by atoms with Crippen LogP contribution in [0.15, 0.2) is 146 Å². The van der Waals surface area contributed by atoms with Crippen molar-refractivity contribution in [3.8, 4) is 56.8 Å². The Hall–Kier alpha value is -9.26. The number of nitrogens with zero attached hydrogens (tertiary/aromatic N) is 8. The summed E-state index contributed by atoms with van der Waals surface area (Å²) < 4.78 is 81.1. The molecule has 2 N–H and O–H groups in total. The number of ether oxygens (including phenoxy) is 4. The Balaban J connectivity index is 0.000000169. The molecule has 0 bridgehead atoms. The van der Waals surface area contributed by atoms with Gasteiger partial charge in [0.1, 0.15) is 23.3 Å². The van der Waals surface area contributed by atoms with Crippen molar-refractivity contribution in [2.45, 2.75) is 13.8 Å². The van der Waals surface area contributed by atoms with Gasteiger partial charge in [-0.1, -0.05) is 24.3 Å². The van der Waals surface area contributed by atoms with Gasteiger partial charge in [-0.15, -0.1) is 0 Å². The minimum absolute atomic E-state index is 0.197. The SMILES string of the molecule is COc1ccc(-c2ccc(N3CCOCC3)cc2Nc2c(C)c(-c3ccccn3)nc3cc(F)cc(F)c23)cn1.COc1ccc(-c2ccc(N3CCOCC3)cc2Nc2c(C)c(-c3ccccn3)nc3cc(F)cc(F)c23)cn1. The van der Waals surface area contributed by atoms with E-state index in [1.165, 1.54) is 12.1 Å². The van der Waals surface area contributed by atoms with Crippen molar-refractivity contribution in [1.29, 1.82) is 0 Å². The van der Waals surface area contributed by atoms with Gasteiger partial charge in [-0.25, -0.2) is 37.5 Å². The molecule has 2 aliphatic rings. The van der Waals surface area contributed by atoms with Gasteiger partial charge in [0.15, 0.2) is 0 Å². The number of fused-ring (bicyclic) bond motifs is 2. The average molecular weight is 1080 g/mol. The van der Waals surface area contributed by atoms with E-state index in [9.17, 15) is 8.78 Å². The quantitative estimate of drug-likeness (QED) is 0.112. The highest BCUT2D eigenvalue weighted by Crippen LogP contribution is 2.43. The topological polar surface area (TPSA) is 145 Å². The minimum atomic E-state index is -0.697. The van der Waals surface area contributed by atoms with Gasteiger partial charge in [0.2, 0.25) is 11.8 Å². The van der Waals surface area contributed by atoms with E-state index in [4.69, 9.17) is 18.9 Å². The molecule has 18 heteroatoms. The first kappa shape index (κ1) is 52.8. The third kappa shape index (κ3) is 11.1. The van der Waals surface area contributed by atoms with Gasteiger partial charge in [-0.2, -0.15) is 0 Å². The summed E-state index contributed by atoms with van der Waals surface area (Å²) in [6, 6.07) is 34.9. The second kappa shape index (κ2) is 23.4. The van der Waals surface area contributed by atoms with Crippen LogP contribution in [0.2, 0.25) is 0 Å². The van der Waals surface area contributed by atoms with E-state index < -0.39 is 23.3 Å². The molecule has 80 heavy (non-hydrogen) atoms. The Kier molecular flexibility index (Phi) is 15.4. The van der Waals surface area contributed by atoms with E-state index in [0.29, 0.717) is 83.5 Å². The predicted octanol–water partition coefficient (Wildman–Crippen LogP) is 13.1. The number of pyridine rings is 6. The molecule has 2 saturated heterocycles.